The van der Waals surface area contributed by atoms with E-state index in [1.807, 2.05) is 13.8 Å². The molecular formula is C15H14BrClO3S. The Labute approximate surface area is 141 Å². The molecule has 2 rings (SSSR count). The first-order valence-electron chi connectivity index (χ1n) is 6.46. The van der Waals surface area contributed by atoms with E-state index >= 15 is 0 Å². The van der Waals surface area contributed by atoms with Gasteiger partial charge < -0.3 is 9.47 Å². The molecule has 0 aliphatic heterocycles. The molecular weight excluding hydrogens is 376 g/mol. The molecule has 112 valence electrons. The van der Waals surface area contributed by atoms with E-state index < -0.39 is 0 Å². The molecule has 0 fully saturated rings. The van der Waals surface area contributed by atoms with E-state index in [2.05, 4.69) is 15.9 Å². The van der Waals surface area contributed by atoms with Crippen molar-refractivity contribution < 1.29 is 14.3 Å². The van der Waals surface area contributed by atoms with Gasteiger partial charge in [-0.15, -0.1) is 11.3 Å². The number of hydrogen-bond acceptors (Lipinski definition) is 4. The van der Waals surface area contributed by atoms with Crippen LogP contribution in [0, 0.1) is 0 Å². The molecule has 0 aliphatic carbocycles. The fourth-order valence-corrected chi connectivity index (χ4v) is 3.46. The molecule has 0 N–H and O–H groups in total. The van der Waals surface area contributed by atoms with Crippen LogP contribution in [0.2, 0.25) is 4.34 Å². The number of carbonyl (C=O) groups excluding carboxylic acids is 1. The lowest BCUT2D eigenvalue weighted by Crippen LogP contribution is -2.03. The summed E-state index contributed by atoms with van der Waals surface area (Å²) < 4.78 is 12.3. The van der Waals surface area contributed by atoms with Crippen LogP contribution >= 0.6 is 38.9 Å². The standard InChI is InChI=1S/C15H14BrClO3S/c1-3-19-11-6-5-9(7-12(11)20-4-2)14(18)13-8-10(16)15(17)21-13/h5-8H,3-4H2,1-2H3. The zero-order chi connectivity index (χ0) is 15.4. The predicted octanol–water partition coefficient (Wildman–Crippen LogP) is 5.19. The first-order valence-corrected chi connectivity index (χ1v) is 8.44. The topological polar surface area (TPSA) is 35.5 Å². The minimum absolute atomic E-state index is 0.0865. The minimum atomic E-state index is -0.0865. The SMILES string of the molecule is CCOc1ccc(C(=O)c2cc(Br)c(Cl)s2)cc1OCC. The Morgan fingerprint density at radius 3 is 2.43 bits per heavy atom. The zero-order valence-electron chi connectivity index (χ0n) is 11.6. The van der Waals surface area contributed by atoms with Gasteiger partial charge in [-0.3, -0.25) is 4.79 Å². The highest BCUT2D eigenvalue weighted by Crippen LogP contribution is 2.35. The lowest BCUT2D eigenvalue weighted by Gasteiger charge is -2.11. The number of benzene rings is 1. The van der Waals surface area contributed by atoms with Crippen molar-refractivity contribution in [3.8, 4) is 11.5 Å². The number of carbonyl (C=O) groups is 1. The van der Waals surface area contributed by atoms with Gasteiger partial charge in [-0.05, 0) is 54.0 Å². The summed E-state index contributed by atoms with van der Waals surface area (Å²) >= 11 is 10.5. The molecule has 0 saturated carbocycles. The summed E-state index contributed by atoms with van der Waals surface area (Å²) in [6.45, 7) is 4.84. The lowest BCUT2D eigenvalue weighted by molar-refractivity contribution is 0.104. The summed E-state index contributed by atoms with van der Waals surface area (Å²) in [5, 5.41) is 0. The lowest BCUT2D eigenvalue weighted by atomic mass is 10.1. The molecule has 0 saturated heterocycles. The van der Waals surface area contributed by atoms with Crippen LogP contribution in [0.1, 0.15) is 29.1 Å². The highest BCUT2D eigenvalue weighted by atomic mass is 79.9. The van der Waals surface area contributed by atoms with E-state index in [-0.39, 0.29) is 5.78 Å². The Morgan fingerprint density at radius 2 is 1.86 bits per heavy atom. The van der Waals surface area contributed by atoms with Crippen molar-refractivity contribution in [2.24, 2.45) is 0 Å². The first-order chi connectivity index (χ1) is 10.1. The summed E-state index contributed by atoms with van der Waals surface area (Å²) in [5.41, 5.74) is 0.548. The Bertz CT molecular complexity index is 635. The smallest absolute Gasteiger partial charge is 0.203 e. The van der Waals surface area contributed by atoms with E-state index in [0.717, 1.165) is 4.47 Å². The average molecular weight is 390 g/mol. The highest BCUT2D eigenvalue weighted by molar-refractivity contribution is 9.10. The fourth-order valence-electron chi connectivity index (χ4n) is 1.79. The molecule has 0 atom stereocenters. The third kappa shape index (κ3) is 3.78. The van der Waals surface area contributed by atoms with Gasteiger partial charge in [-0.2, -0.15) is 0 Å². The van der Waals surface area contributed by atoms with Crippen LogP contribution in [0.15, 0.2) is 28.7 Å². The van der Waals surface area contributed by atoms with Gasteiger partial charge in [0.25, 0.3) is 0 Å². The summed E-state index contributed by atoms with van der Waals surface area (Å²) in [7, 11) is 0. The number of hydrogen-bond donors (Lipinski definition) is 0. The van der Waals surface area contributed by atoms with Gasteiger partial charge in [0.2, 0.25) is 5.78 Å². The second kappa shape index (κ2) is 7.29. The summed E-state index contributed by atoms with van der Waals surface area (Å²) in [6.07, 6.45) is 0. The quantitative estimate of drug-likeness (QED) is 0.638. The van der Waals surface area contributed by atoms with E-state index in [1.165, 1.54) is 11.3 Å². The van der Waals surface area contributed by atoms with Crippen LogP contribution in [0.25, 0.3) is 0 Å². The van der Waals surface area contributed by atoms with Crippen molar-refractivity contribution in [1.29, 1.82) is 0 Å². The van der Waals surface area contributed by atoms with Crippen molar-refractivity contribution in [2.75, 3.05) is 13.2 Å². The molecule has 1 heterocycles. The summed E-state index contributed by atoms with van der Waals surface area (Å²) in [4.78, 5) is 13.1. The third-order valence-electron chi connectivity index (χ3n) is 2.67. The summed E-state index contributed by atoms with van der Waals surface area (Å²) in [5.74, 6) is 1.13. The number of rotatable bonds is 6. The Kier molecular flexibility index (Phi) is 5.67. The molecule has 0 amide bonds. The maximum absolute atomic E-state index is 12.5. The molecule has 2 aromatic rings. The van der Waals surface area contributed by atoms with Crippen LogP contribution in [0.4, 0.5) is 0 Å². The molecule has 21 heavy (non-hydrogen) atoms. The first kappa shape index (κ1) is 16.3. The number of ketones is 1. The maximum Gasteiger partial charge on any atom is 0.203 e. The molecule has 6 heteroatoms. The second-order valence-corrected chi connectivity index (χ2v) is 6.60. The normalized spacial score (nSPS) is 10.5. The van der Waals surface area contributed by atoms with Crippen LogP contribution in [0.5, 0.6) is 11.5 Å². The van der Waals surface area contributed by atoms with Crippen LogP contribution in [-0.4, -0.2) is 19.0 Å². The van der Waals surface area contributed by atoms with E-state index in [0.29, 0.717) is 39.5 Å². The van der Waals surface area contributed by atoms with Crippen LogP contribution < -0.4 is 9.47 Å². The molecule has 1 aromatic heterocycles. The van der Waals surface area contributed by atoms with Gasteiger partial charge in [0.1, 0.15) is 4.34 Å². The molecule has 3 nitrogen and oxygen atoms in total. The monoisotopic (exact) mass is 388 g/mol. The van der Waals surface area contributed by atoms with Crippen LogP contribution in [-0.2, 0) is 0 Å². The van der Waals surface area contributed by atoms with E-state index in [1.54, 1.807) is 24.3 Å². The Balaban J connectivity index is 2.35. The predicted molar refractivity (Wildman–Crippen MR) is 89.2 cm³/mol. The molecule has 0 aliphatic rings. The maximum atomic E-state index is 12.5. The van der Waals surface area contributed by atoms with Crippen molar-refractivity contribution in [2.45, 2.75) is 13.8 Å². The highest BCUT2D eigenvalue weighted by Gasteiger charge is 2.16. The van der Waals surface area contributed by atoms with E-state index in [9.17, 15) is 4.79 Å². The van der Waals surface area contributed by atoms with Crippen molar-refractivity contribution >= 4 is 44.7 Å². The van der Waals surface area contributed by atoms with Crippen molar-refractivity contribution in [3.63, 3.8) is 0 Å². The third-order valence-corrected chi connectivity index (χ3v) is 5.15. The van der Waals surface area contributed by atoms with Crippen LogP contribution in [0.3, 0.4) is 0 Å². The van der Waals surface area contributed by atoms with Crippen molar-refractivity contribution in [1.82, 2.24) is 0 Å². The molecule has 0 spiro atoms. The fraction of sp³-hybridized carbons (Fsp3) is 0.267. The molecule has 1 aromatic carbocycles. The number of ether oxygens (including phenoxy) is 2. The molecule has 0 radical (unpaired) electrons. The largest absolute Gasteiger partial charge is 0.490 e. The Morgan fingerprint density at radius 1 is 1.19 bits per heavy atom. The van der Waals surface area contributed by atoms with Crippen molar-refractivity contribution in [3.05, 3.63) is 43.5 Å². The van der Waals surface area contributed by atoms with Gasteiger partial charge >= 0.3 is 0 Å². The van der Waals surface area contributed by atoms with Gasteiger partial charge in [0.15, 0.2) is 11.5 Å². The molecule has 0 bridgehead atoms. The number of thiophene rings is 1. The van der Waals surface area contributed by atoms with Gasteiger partial charge in [-0.25, -0.2) is 0 Å². The van der Waals surface area contributed by atoms with Gasteiger partial charge in [-0.1, -0.05) is 11.6 Å². The minimum Gasteiger partial charge on any atom is -0.490 e. The van der Waals surface area contributed by atoms with Gasteiger partial charge in [0.05, 0.1) is 18.1 Å². The molecule has 0 unspecified atom stereocenters. The van der Waals surface area contributed by atoms with Gasteiger partial charge in [0, 0.05) is 10.0 Å². The Hall–Kier alpha value is -1.04. The summed E-state index contributed by atoms with van der Waals surface area (Å²) in [6, 6.07) is 6.92. The second-order valence-electron chi connectivity index (χ2n) is 4.09. The zero-order valence-corrected chi connectivity index (χ0v) is 14.8. The van der Waals surface area contributed by atoms with E-state index in [4.69, 9.17) is 21.1 Å². The average Bonchev–Trinajstić information content (AvgIpc) is 2.80. The number of halogens is 2.